The average Bonchev–Trinajstić information content (AvgIpc) is 2.39. The summed E-state index contributed by atoms with van der Waals surface area (Å²) in [7, 11) is 1.60. The van der Waals surface area contributed by atoms with Crippen LogP contribution in [0.15, 0.2) is 36.5 Å². The van der Waals surface area contributed by atoms with Gasteiger partial charge >= 0.3 is 0 Å². The molecule has 1 heterocycles. The second kappa shape index (κ2) is 5.52. The van der Waals surface area contributed by atoms with Crippen molar-refractivity contribution in [3.63, 3.8) is 0 Å². The fourth-order valence-electron chi connectivity index (χ4n) is 1.88. The summed E-state index contributed by atoms with van der Waals surface area (Å²) < 4.78 is 5.26. The summed E-state index contributed by atoms with van der Waals surface area (Å²) >= 11 is 0. The topological polar surface area (TPSA) is 65.2 Å². The Hall–Kier alpha value is -2.36. The number of aromatic nitrogens is 1. The molecule has 0 atom stereocenters. The van der Waals surface area contributed by atoms with Crippen molar-refractivity contribution in [2.75, 3.05) is 12.8 Å². The van der Waals surface area contributed by atoms with Crippen LogP contribution in [-0.2, 0) is 6.42 Å². The van der Waals surface area contributed by atoms with Crippen LogP contribution < -0.4 is 10.5 Å². The number of rotatable bonds is 4. The number of benzene rings is 1. The maximum atomic E-state index is 12.1. The summed E-state index contributed by atoms with van der Waals surface area (Å²) in [5, 5.41) is 0. The highest BCUT2D eigenvalue weighted by Gasteiger charge is 2.12. The number of nitrogens with zero attached hydrogens (tertiary/aromatic N) is 1. The van der Waals surface area contributed by atoms with E-state index in [1.807, 2.05) is 25.1 Å². The number of Topliss-reactive ketones (excluding diaryl/α,β-unsaturated/α-hetero) is 1. The quantitative estimate of drug-likeness (QED) is 0.853. The number of hydrogen-bond acceptors (Lipinski definition) is 4. The molecular formula is C15H16N2O2. The predicted octanol–water partition coefficient (Wildman–Crippen LogP) is 2.41. The Labute approximate surface area is 112 Å². The first-order valence-corrected chi connectivity index (χ1v) is 5.98. The first-order chi connectivity index (χ1) is 9.10. The standard InChI is InChI=1S/C15H16N2O2/c1-10-3-6-15(19-2)11(7-10)8-14(18)13-5-4-12(16)9-17-13/h3-7,9H,8,16H2,1-2H3. The van der Waals surface area contributed by atoms with E-state index in [0.717, 1.165) is 16.9 Å². The van der Waals surface area contributed by atoms with Crippen LogP contribution in [0.2, 0.25) is 0 Å². The van der Waals surface area contributed by atoms with Gasteiger partial charge in [0.1, 0.15) is 11.4 Å². The van der Waals surface area contributed by atoms with Gasteiger partial charge in [-0.15, -0.1) is 0 Å². The molecule has 0 amide bonds. The Morgan fingerprint density at radius 2 is 2.11 bits per heavy atom. The average molecular weight is 256 g/mol. The lowest BCUT2D eigenvalue weighted by Gasteiger charge is -2.08. The van der Waals surface area contributed by atoms with Crippen LogP contribution >= 0.6 is 0 Å². The molecule has 0 bridgehead atoms. The Balaban J connectivity index is 2.23. The molecule has 0 aliphatic carbocycles. The summed E-state index contributed by atoms with van der Waals surface area (Å²) in [6, 6.07) is 9.09. The van der Waals surface area contributed by atoms with Crippen LogP contribution in [0.4, 0.5) is 5.69 Å². The number of pyridine rings is 1. The van der Waals surface area contributed by atoms with Gasteiger partial charge in [-0.25, -0.2) is 0 Å². The third-order valence-corrected chi connectivity index (χ3v) is 2.86. The first-order valence-electron chi connectivity index (χ1n) is 5.98. The zero-order chi connectivity index (χ0) is 13.8. The van der Waals surface area contributed by atoms with Crippen LogP contribution in [0.5, 0.6) is 5.75 Å². The Morgan fingerprint density at radius 3 is 2.74 bits per heavy atom. The number of ketones is 1. The molecule has 0 fully saturated rings. The highest BCUT2D eigenvalue weighted by atomic mass is 16.5. The number of methoxy groups -OCH3 is 1. The van der Waals surface area contributed by atoms with Gasteiger partial charge in [-0.1, -0.05) is 17.7 Å². The number of carbonyl (C=O) groups excluding carboxylic acids is 1. The molecule has 0 radical (unpaired) electrons. The van der Waals surface area contributed by atoms with Gasteiger partial charge in [0, 0.05) is 12.0 Å². The lowest BCUT2D eigenvalue weighted by atomic mass is 10.0. The van der Waals surface area contributed by atoms with Crippen molar-refractivity contribution in [2.45, 2.75) is 13.3 Å². The summed E-state index contributed by atoms with van der Waals surface area (Å²) in [5.74, 6) is 0.665. The molecule has 0 spiro atoms. The van der Waals surface area contributed by atoms with Gasteiger partial charge in [0.25, 0.3) is 0 Å². The Morgan fingerprint density at radius 1 is 1.32 bits per heavy atom. The molecule has 0 unspecified atom stereocenters. The monoisotopic (exact) mass is 256 g/mol. The SMILES string of the molecule is COc1ccc(C)cc1CC(=O)c1ccc(N)cn1. The van der Waals surface area contributed by atoms with Crippen molar-refractivity contribution in [1.29, 1.82) is 0 Å². The van der Waals surface area contributed by atoms with Gasteiger partial charge < -0.3 is 10.5 Å². The largest absolute Gasteiger partial charge is 0.496 e. The lowest BCUT2D eigenvalue weighted by Crippen LogP contribution is -2.07. The molecular weight excluding hydrogens is 240 g/mol. The van der Waals surface area contributed by atoms with Crippen molar-refractivity contribution >= 4 is 11.5 Å². The first kappa shape index (κ1) is 13.1. The minimum absolute atomic E-state index is 0.0519. The van der Waals surface area contributed by atoms with Gasteiger partial charge in [0.15, 0.2) is 5.78 Å². The van der Waals surface area contributed by atoms with E-state index in [4.69, 9.17) is 10.5 Å². The highest BCUT2D eigenvalue weighted by molar-refractivity contribution is 5.96. The van der Waals surface area contributed by atoms with Crippen molar-refractivity contribution in [2.24, 2.45) is 0 Å². The molecule has 4 nitrogen and oxygen atoms in total. The molecule has 2 N–H and O–H groups in total. The molecule has 2 aromatic rings. The molecule has 19 heavy (non-hydrogen) atoms. The van der Waals surface area contributed by atoms with E-state index in [0.29, 0.717) is 11.4 Å². The number of carbonyl (C=O) groups is 1. The molecule has 0 aliphatic rings. The van der Waals surface area contributed by atoms with E-state index in [-0.39, 0.29) is 12.2 Å². The molecule has 2 rings (SSSR count). The van der Waals surface area contributed by atoms with Crippen LogP contribution in [-0.4, -0.2) is 17.9 Å². The van der Waals surface area contributed by atoms with Gasteiger partial charge in [-0.05, 0) is 25.1 Å². The smallest absolute Gasteiger partial charge is 0.185 e. The van der Waals surface area contributed by atoms with Crippen LogP contribution in [0.25, 0.3) is 0 Å². The number of nitrogen functional groups attached to an aromatic ring is 1. The maximum absolute atomic E-state index is 12.1. The minimum Gasteiger partial charge on any atom is -0.496 e. The molecule has 98 valence electrons. The van der Waals surface area contributed by atoms with Gasteiger partial charge in [0.05, 0.1) is 19.0 Å². The number of ether oxygens (including phenoxy) is 1. The lowest BCUT2D eigenvalue weighted by molar-refractivity contribution is 0.0987. The number of aryl methyl sites for hydroxylation is 1. The molecule has 0 aliphatic heterocycles. The van der Waals surface area contributed by atoms with E-state index < -0.39 is 0 Å². The summed E-state index contributed by atoms with van der Waals surface area (Å²) in [4.78, 5) is 16.2. The van der Waals surface area contributed by atoms with E-state index >= 15 is 0 Å². The zero-order valence-corrected chi connectivity index (χ0v) is 11.0. The van der Waals surface area contributed by atoms with E-state index in [9.17, 15) is 4.79 Å². The van der Waals surface area contributed by atoms with Gasteiger partial charge in [-0.2, -0.15) is 0 Å². The molecule has 1 aromatic carbocycles. The zero-order valence-electron chi connectivity index (χ0n) is 11.0. The minimum atomic E-state index is -0.0519. The fraction of sp³-hybridized carbons (Fsp3) is 0.200. The molecule has 0 saturated heterocycles. The number of nitrogens with two attached hydrogens (primary N) is 1. The number of anilines is 1. The van der Waals surface area contributed by atoms with E-state index in [2.05, 4.69) is 4.98 Å². The fourth-order valence-corrected chi connectivity index (χ4v) is 1.88. The second-order valence-corrected chi connectivity index (χ2v) is 4.39. The Kier molecular flexibility index (Phi) is 3.80. The third kappa shape index (κ3) is 3.10. The third-order valence-electron chi connectivity index (χ3n) is 2.86. The Bertz CT molecular complexity index is 592. The van der Waals surface area contributed by atoms with Crippen molar-refractivity contribution < 1.29 is 9.53 Å². The molecule has 1 aromatic heterocycles. The second-order valence-electron chi connectivity index (χ2n) is 4.39. The van der Waals surface area contributed by atoms with Gasteiger partial charge in [-0.3, -0.25) is 9.78 Å². The highest BCUT2D eigenvalue weighted by Crippen LogP contribution is 2.21. The molecule has 4 heteroatoms. The van der Waals surface area contributed by atoms with E-state index in [1.54, 1.807) is 19.2 Å². The van der Waals surface area contributed by atoms with Crippen molar-refractivity contribution in [3.8, 4) is 5.75 Å². The van der Waals surface area contributed by atoms with Crippen LogP contribution in [0, 0.1) is 6.92 Å². The van der Waals surface area contributed by atoms with E-state index in [1.165, 1.54) is 6.20 Å². The van der Waals surface area contributed by atoms with Gasteiger partial charge in [0.2, 0.25) is 0 Å². The van der Waals surface area contributed by atoms with Crippen molar-refractivity contribution in [1.82, 2.24) is 4.98 Å². The maximum Gasteiger partial charge on any atom is 0.185 e. The normalized spacial score (nSPS) is 10.2. The summed E-state index contributed by atoms with van der Waals surface area (Å²) in [6.45, 7) is 1.98. The van der Waals surface area contributed by atoms with Crippen LogP contribution in [0.1, 0.15) is 21.6 Å². The summed E-state index contributed by atoms with van der Waals surface area (Å²) in [5.41, 5.74) is 8.47. The summed E-state index contributed by atoms with van der Waals surface area (Å²) in [6.07, 6.45) is 1.75. The van der Waals surface area contributed by atoms with Crippen LogP contribution in [0.3, 0.4) is 0 Å². The predicted molar refractivity (Wildman–Crippen MR) is 74.4 cm³/mol. The van der Waals surface area contributed by atoms with Crippen molar-refractivity contribution in [3.05, 3.63) is 53.3 Å². The molecule has 0 saturated carbocycles. The number of hydrogen-bond donors (Lipinski definition) is 1.